The van der Waals surface area contributed by atoms with Crippen LogP contribution in [-0.4, -0.2) is 19.0 Å². The lowest BCUT2D eigenvalue weighted by Gasteiger charge is -2.39. The van der Waals surface area contributed by atoms with Gasteiger partial charge in [-0.2, -0.15) is 9.78 Å². The van der Waals surface area contributed by atoms with E-state index < -0.39 is 5.79 Å². The Morgan fingerprint density at radius 2 is 1.33 bits per heavy atom. The van der Waals surface area contributed by atoms with Gasteiger partial charge in [0.1, 0.15) is 0 Å². The first-order valence-electron chi connectivity index (χ1n) is 8.15. The van der Waals surface area contributed by atoms with E-state index in [2.05, 4.69) is 48.5 Å². The molecule has 0 N–H and O–H groups in total. The van der Waals surface area contributed by atoms with Crippen molar-refractivity contribution >= 4 is 0 Å². The predicted molar refractivity (Wildman–Crippen MR) is 83.3 cm³/mol. The van der Waals surface area contributed by atoms with Crippen LogP contribution in [0.2, 0.25) is 0 Å². The number of rotatable bonds is 6. The zero-order valence-electron chi connectivity index (χ0n) is 15.0. The van der Waals surface area contributed by atoms with E-state index in [1.54, 1.807) is 0 Å². The van der Waals surface area contributed by atoms with Crippen molar-refractivity contribution in [1.82, 2.24) is 0 Å². The maximum Gasteiger partial charge on any atom is 0.236 e. The van der Waals surface area contributed by atoms with Crippen LogP contribution in [0.3, 0.4) is 0 Å². The molecule has 0 aromatic rings. The van der Waals surface area contributed by atoms with E-state index in [-0.39, 0.29) is 16.7 Å². The van der Waals surface area contributed by atoms with Crippen molar-refractivity contribution in [3.05, 3.63) is 0 Å². The Morgan fingerprint density at radius 3 is 1.71 bits per heavy atom. The molecule has 1 aliphatic carbocycles. The van der Waals surface area contributed by atoms with Crippen molar-refractivity contribution in [3.63, 3.8) is 0 Å². The fourth-order valence-electron chi connectivity index (χ4n) is 2.16. The number of hydrogen-bond donors (Lipinski definition) is 0. The van der Waals surface area contributed by atoms with Gasteiger partial charge in [0, 0.05) is 12.3 Å². The summed E-state index contributed by atoms with van der Waals surface area (Å²) in [6, 6.07) is 0. The molecule has 0 aromatic heterocycles. The average Bonchev–Trinajstić information content (AvgIpc) is 2.29. The summed E-state index contributed by atoms with van der Waals surface area (Å²) in [5, 5.41) is 0. The number of hydrogen-bond acceptors (Lipinski definition) is 4. The molecule has 0 bridgehead atoms. The van der Waals surface area contributed by atoms with Crippen LogP contribution >= 0.6 is 0 Å². The molecule has 0 saturated heterocycles. The van der Waals surface area contributed by atoms with Gasteiger partial charge in [0.05, 0.1) is 13.2 Å². The molecule has 1 aliphatic rings. The van der Waals surface area contributed by atoms with Crippen LogP contribution < -0.4 is 0 Å². The summed E-state index contributed by atoms with van der Waals surface area (Å²) < 4.78 is 0. The monoisotopic (exact) mass is 302 g/mol. The first-order chi connectivity index (χ1) is 9.54. The minimum absolute atomic E-state index is 0.0609. The molecule has 1 rings (SSSR count). The topological polar surface area (TPSA) is 36.9 Å². The first kappa shape index (κ1) is 18.9. The summed E-state index contributed by atoms with van der Waals surface area (Å²) in [5.41, 5.74) is 0.122. The summed E-state index contributed by atoms with van der Waals surface area (Å²) in [6.07, 6.45) is 4.15. The molecule has 4 nitrogen and oxygen atoms in total. The highest BCUT2D eigenvalue weighted by atomic mass is 17.3. The zero-order valence-corrected chi connectivity index (χ0v) is 15.0. The molecule has 0 amide bonds. The molecule has 21 heavy (non-hydrogen) atoms. The van der Waals surface area contributed by atoms with Gasteiger partial charge in [0.2, 0.25) is 5.79 Å². The zero-order chi connectivity index (χ0) is 16.1. The van der Waals surface area contributed by atoms with Gasteiger partial charge >= 0.3 is 0 Å². The van der Waals surface area contributed by atoms with E-state index in [4.69, 9.17) is 19.6 Å². The van der Waals surface area contributed by atoms with Gasteiger partial charge in [-0.05, 0) is 23.7 Å². The molecule has 0 aromatic carbocycles. The van der Waals surface area contributed by atoms with Crippen LogP contribution in [0.15, 0.2) is 0 Å². The van der Waals surface area contributed by atoms with Crippen LogP contribution in [0.1, 0.15) is 74.1 Å². The molecule has 0 heterocycles. The fraction of sp³-hybridized carbons (Fsp3) is 1.00. The molecule has 1 unspecified atom stereocenters. The van der Waals surface area contributed by atoms with Gasteiger partial charge < -0.3 is 0 Å². The normalized spacial score (nSPS) is 23.3. The highest BCUT2D eigenvalue weighted by molar-refractivity contribution is 4.80. The van der Waals surface area contributed by atoms with Crippen molar-refractivity contribution in [3.8, 4) is 0 Å². The summed E-state index contributed by atoms with van der Waals surface area (Å²) in [6.45, 7) is 15.9. The lowest BCUT2D eigenvalue weighted by Crippen LogP contribution is -2.45. The summed E-state index contributed by atoms with van der Waals surface area (Å²) >= 11 is 0. The van der Waals surface area contributed by atoms with Crippen molar-refractivity contribution in [1.29, 1.82) is 0 Å². The van der Waals surface area contributed by atoms with Crippen molar-refractivity contribution in [2.24, 2.45) is 16.7 Å². The molecular weight excluding hydrogens is 268 g/mol. The van der Waals surface area contributed by atoms with E-state index in [0.717, 1.165) is 19.3 Å². The van der Waals surface area contributed by atoms with Gasteiger partial charge in [0.15, 0.2) is 0 Å². The predicted octanol–water partition coefficient (Wildman–Crippen LogP) is 4.88. The quantitative estimate of drug-likeness (QED) is 0.398. The molecule has 0 radical (unpaired) electrons. The second-order valence-electron chi connectivity index (χ2n) is 8.77. The van der Waals surface area contributed by atoms with Gasteiger partial charge in [-0.15, -0.1) is 0 Å². The van der Waals surface area contributed by atoms with Gasteiger partial charge in [-0.3, -0.25) is 0 Å². The molecule has 1 saturated carbocycles. The minimum Gasteiger partial charge on any atom is -0.233 e. The Hall–Kier alpha value is -0.160. The van der Waals surface area contributed by atoms with Crippen LogP contribution in [0.25, 0.3) is 0 Å². The third-order valence-corrected chi connectivity index (χ3v) is 3.55. The van der Waals surface area contributed by atoms with Gasteiger partial charge in [-0.25, -0.2) is 9.78 Å². The highest BCUT2D eigenvalue weighted by Gasteiger charge is 2.44. The van der Waals surface area contributed by atoms with Crippen LogP contribution in [0, 0.1) is 16.7 Å². The van der Waals surface area contributed by atoms with Crippen molar-refractivity contribution in [2.45, 2.75) is 79.9 Å². The van der Waals surface area contributed by atoms with Crippen LogP contribution in [0.4, 0.5) is 0 Å². The Bertz CT molecular complexity index is 281. The summed E-state index contributed by atoms with van der Waals surface area (Å²) in [7, 11) is 0. The molecule has 4 heteroatoms. The fourth-order valence-corrected chi connectivity index (χ4v) is 2.16. The van der Waals surface area contributed by atoms with Gasteiger partial charge in [0.25, 0.3) is 0 Å². The van der Waals surface area contributed by atoms with Gasteiger partial charge in [-0.1, -0.05) is 54.9 Å². The van der Waals surface area contributed by atoms with E-state index in [9.17, 15) is 0 Å². The largest absolute Gasteiger partial charge is 0.236 e. The first-order valence-corrected chi connectivity index (χ1v) is 8.15. The lowest BCUT2D eigenvalue weighted by molar-refractivity contribution is -0.532. The Balaban J connectivity index is 2.58. The smallest absolute Gasteiger partial charge is 0.233 e. The summed E-state index contributed by atoms with van der Waals surface area (Å²) in [5.74, 6) is -0.513. The maximum absolute atomic E-state index is 5.73. The Labute approximate surface area is 130 Å². The highest BCUT2D eigenvalue weighted by Crippen LogP contribution is 2.38. The van der Waals surface area contributed by atoms with Crippen LogP contribution in [0.5, 0.6) is 0 Å². The molecule has 0 aliphatic heterocycles. The van der Waals surface area contributed by atoms with Crippen molar-refractivity contribution < 1.29 is 19.6 Å². The Kier molecular flexibility index (Phi) is 6.66. The van der Waals surface area contributed by atoms with E-state index in [1.807, 2.05) is 0 Å². The molecule has 1 fully saturated rings. The van der Waals surface area contributed by atoms with E-state index >= 15 is 0 Å². The second kappa shape index (κ2) is 7.40. The lowest BCUT2D eigenvalue weighted by atomic mass is 9.85. The average molecular weight is 302 g/mol. The standard InChI is InChI=1S/C17H34O4/c1-14-10-8-9-11-17(14,20-18-12-15(2,3)4)21-19-13-16(5,6)7/h14H,8-13H2,1-7H3. The summed E-state index contributed by atoms with van der Waals surface area (Å²) in [4.78, 5) is 22.4. The molecule has 126 valence electrons. The maximum atomic E-state index is 5.73. The Morgan fingerprint density at radius 1 is 0.857 bits per heavy atom. The second-order valence-corrected chi connectivity index (χ2v) is 8.77. The SMILES string of the molecule is CC1CCCCC1(OOCC(C)(C)C)OOCC(C)(C)C. The van der Waals surface area contributed by atoms with Crippen molar-refractivity contribution in [2.75, 3.05) is 13.2 Å². The minimum atomic E-state index is -0.769. The van der Waals surface area contributed by atoms with E-state index in [0.29, 0.717) is 13.2 Å². The molecule has 0 spiro atoms. The van der Waals surface area contributed by atoms with E-state index in [1.165, 1.54) is 6.42 Å². The van der Waals surface area contributed by atoms with Crippen LogP contribution in [-0.2, 0) is 19.6 Å². The molecule has 1 atom stereocenters. The third kappa shape index (κ3) is 7.09. The third-order valence-electron chi connectivity index (χ3n) is 3.55. The molecular formula is C17H34O4.